The van der Waals surface area contributed by atoms with E-state index in [1.54, 1.807) is 0 Å². The molecule has 0 radical (unpaired) electrons. The molecule has 0 aliphatic carbocycles. The summed E-state index contributed by atoms with van der Waals surface area (Å²) in [6.07, 6.45) is 8.56. The number of hydrogen-bond donors (Lipinski definition) is 0. The van der Waals surface area contributed by atoms with Crippen LogP contribution in [-0.2, 0) is 0 Å². The molecule has 0 rings (SSSR count). The lowest BCUT2D eigenvalue weighted by Crippen LogP contribution is -2.11. The zero-order chi connectivity index (χ0) is 14.6. The quantitative estimate of drug-likeness (QED) is 0.457. The molecule has 1 heteroatoms. The van der Waals surface area contributed by atoms with Gasteiger partial charge in [0, 0.05) is 6.21 Å². The summed E-state index contributed by atoms with van der Waals surface area (Å²) < 4.78 is 0. The SMILES string of the molecule is CC(C)(C)/C=C\C(=C/C=NC(C)(C)C)C(C)(C)C. The Morgan fingerprint density at radius 2 is 1.33 bits per heavy atom. The van der Waals surface area contributed by atoms with E-state index in [9.17, 15) is 0 Å². The minimum absolute atomic E-state index is 0.00671. The summed E-state index contributed by atoms with van der Waals surface area (Å²) >= 11 is 0. The third-order valence-corrected chi connectivity index (χ3v) is 2.34. The Kier molecular flexibility index (Phi) is 5.58. The number of rotatable bonds is 2. The molecule has 0 spiro atoms. The second-order valence-corrected chi connectivity index (χ2v) is 8.02. The molecule has 0 aliphatic rings. The van der Waals surface area contributed by atoms with Crippen LogP contribution in [0.15, 0.2) is 28.8 Å². The van der Waals surface area contributed by atoms with Crippen molar-refractivity contribution in [3.63, 3.8) is 0 Å². The van der Waals surface area contributed by atoms with Crippen molar-refractivity contribution in [3.05, 3.63) is 23.8 Å². The van der Waals surface area contributed by atoms with Crippen molar-refractivity contribution in [2.24, 2.45) is 15.8 Å². The molecule has 0 unspecified atom stereocenters. The van der Waals surface area contributed by atoms with Crippen LogP contribution in [0, 0.1) is 10.8 Å². The van der Waals surface area contributed by atoms with E-state index in [-0.39, 0.29) is 16.4 Å². The Bertz CT molecular complexity index is 335. The molecule has 0 aromatic rings. The van der Waals surface area contributed by atoms with Gasteiger partial charge in [0.1, 0.15) is 0 Å². The van der Waals surface area contributed by atoms with Crippen molar-refractivity contribution in [2.45, 2.75) is 67.9 Å². The summed E-state index contributed by atoms with van der Waals surface area (Å²) in [7, 11) is 0. The first-order chi connectivity index (χ1) is 7.81. The Morgan fingerprint density at radius 3 is 1.67 bits per heavy atom. The van der Waals surface area contributed by atoms with Crippen LogP contribution < -0.4 is 0 Å². The fourth-order valence-corrected chi connectivity index (χ4v) is 1.24. The summed E-state index contributed by atoms with van der Waals surface area (Å²) in [5.41, 5.74) is 1.66. The molecule has 0 N–H and O–H groups in total. The first kappa shape index (κ1) is 17.2. The predicted octanol–water partition coefficient (Wildman–Crippen LogP) is 5.43. The third kappa shape index (κ3) is 9.21. The molecule has 0 bridgehead atoms. The van der Waals surface area contributed by atoms with Crippen LogP contribution in [0.25, 0.3) is 0 Å². The van der Waals surface area contributed by atoms with E-state index < -0.39 is 0 Å². The van der Waals surface area contributed by atoms with Gasteiger partial charge in [-0.3, -0.25) is 4.99 Å². The lowest BCUT2D eigenvalue weighted by molar-refractivity contribution is 0.509. The maximum atomic E-state index is 4.52. The minimum atomic E-state index is -0.00671. The summed E-state index contributed by atoms with van der Waals surface area (Å²) in [5, 5.41) is 0. The topological polar surface area (TPSA) is 12.4 Å². The van der Waals surface area contributed by atoms with Gasteiger partial charge in [0.25, 0.3) is 0 Å². The van der Waals surface area contributed by atoms with Gasteiger partial charge in [-0.1, -0.05) is 53.7 Å². The number of aliphatic imine (C=N–C) groups is 1. The average Bonchev–Trinajstić information content (AvgIpc) is 2.04. The Hall–Kier alpha value is -0.850. The highest BCUT2D eigenvalue weighted by molar-refractivity contribution is 5.73. The van der Waals surface area contributed by atoms with Crippen LogP contribution in [0.4, 0.5) is 0 Å². The van der Waals surface area contributed by atoms with Gasteiger partial charge < -0.3 is 0 Å². The van der Waals surface area contributed by atoms with Gasteiger partial charge in [0.2, 0.25) is 0 Å². The maximum Gasteiger partial charge on any atom is 0.0524 e. The monoisotopic (exact) mass is 249 g/mol. The molecule has 104 valence electrons. The summed E-state index contributed by atoms with van der Waals surface area (Å²) in [5.74, 6) is 0. The van der Waals surface area contributed by atoms with Crippen molar-refractivity contribution < 1.29 is 0 Å². The van der Waals surface area contributed by atoms with Gasteiger partial charge in [-0.25, -0.2) is 0 Å². The van der Waals surface area contributed by atoms with Crippen LogP contribution >= 0.6 is 0 Å². The average molecular weight is 249 g/mol. The van der Waals surface area contributed by atoms with Crippen molar-refractivity contribution in [2.75, 3.05) is 0 Å². The van der Waals surface area contributed by atoms with Gasteiger partial charge in [-0.2, -0.15) is 0 Å². The molecular formula is C17H31N. The first-order valence-electron chi connectivity index (χ1n) is 6.76. The molecular weight excluding hydrogens is 218 g/mol. The fraction of sp³-hybridized carbons (Fsp3) is 0.706. The third-order valence-electron chi connectivity index (χ3n) is 2.34. The highest BCUT2D eigenvalue weighted by Crippen LogP contribution is 2.27. The van der Waals surface area contributed by atoms with Gasteiger partial charge in [0.15, 0.2) is 0 Å². The Labute approximate surface area is 114 Å². The van der Waals surface area contributed by atoms with Crippen LogP contribution in [0.3, 0.4) is 0 Å². The number of nitrogens with zero attached hydrogens (tertiary/aromatic N) is 1. The van der Waals surface area contributed by atoms with E-state index in [0.717, 1.165) is 0 Å². The standard InChI is InChI=1S/C17H31N/c1-15(2,3)12-10-14(16(4,5)6)11-13-18-17(7,8)9/h10-13H,1-9H3/b12-10-,14-11+,18-13?. The van der Waals surface area contributed by atoms with E-state index >= 15 is 0 Å². The highest BCUT2D eigenvalue weighted by Gasteiger charge is 2.15. The molecule has 0 amide bonds. The van der Waals surface area contributed by atoms with E-state index in [2.05, 4.69) is 85.5 Å². The number of hydrogen-bond acceptors (Lipinski definition) is 1. The van der Waals surface area contributed by atoms with Crippen LogP contribution in [0.5, 0.6) is 0 Å². The summed E-state index contributed by atoms with van der Waals surface area (Å²) in [6, 6.07) is 0. The van der Waals surface area contributed by atoms with Gasteiger partial charge in [-0.05, 0) is 43.3 Å². The Balaban J connectivity index is 5.11. The molecule has 0 fully saturated rings. The normalized spacial score (nSPS) is 15.9. The highest BCUT2D eigenvalue weighted by atomic mass is 14.8. The van der Waals surface area contributed by atoms with E-state index in [0.29, 0.717) is 0 Å². The lowest BCUT2D eigenvalue weighted by atomic mass is 9.84. The molecule has 1 nitrogen and oxygen atoms in total. The van der Waals surface area contributed by atoms with Crippen LogP contribution in [0.1, 0.15) is 62.3 Å². The number of allylic oxidation sites excluding steroid dienone is 4. The molecule has 18 heavy (non-hydrogen) atoms. The van der Waals surface area contributed by atoms with E-state index in [4.69, 9.17) is 0 Å². The maximum absolute atomic E-state index is 4.52. The van der Waals surface area contributed by atoms with E-state index in [1.807, 2.05) is 6.21 Å². The first-order valence-corrected chi connectivity index (χ1v) is 6.76. The van der Waals surface area contributed by atoms with Crippen molar-refractivity contribution in [3.8, 4) is 0 Å². The summed E-state index contributed by atoms with van der Waals surface area (Å²) in [4.78, 5) is 4.52. The minimum Gasteiger partial charge on any atom is -0.287 e. The van der Waals surface area contributed by atoms with Crippen molar-refractivity contribution in [1.82, 2.24) is 0 Å². The molecule has 0 aliphatic heterocycles. The molecule has 0 saturated carbocycles. The lowest BCUT2D eigenvalue weighted by Gasteiger charge is -2.21. The molecule has 0 atom stereocenters. The van der Waals surface area contributed by atoms with Crippen LogP contribution in [-0.4, -0.2) is 11.8 Å². The fourth-order valence-electron chi connectivity index (χ4n) is 1.24. The van der Waals surface area contributed by atoms with Crippen molar-refractivity contribution in [1.29, 1.82) is 0 Å². The molecule has 0 heterocycles. The molecule has 0 aromatic carbocycles. The second-order valence-electron chi connectivity index (χ2n) is 8.02. The van der Waals surface area contributed by atoms with Gasteiger partial charge in [0.05, 0.1) is 5.54 Å². The predicted molar refractivity (Wildman–Crippen MR) is 84.4 cm³/mol. The van der Waals surface area contributed by atoms with Crippen molar-refractivity contribution >= 4 is 6.21 Å². The second kappa shape index (κ2) is 5.86. The Morgan fingerprint density at radius 1 is 0.833 bits per heavy atom. The zero-order valence-corrected chi connectivity index (χ0v) is 13.8. The largest absolute Gasteiger partial charge is 0.287 e. The smallest absolute Gasteiger partial charge is 0.0524 e. The van der Waals surface area contributed by atoms with Gasteiger partial charge >= 0.3 is 0 Å². The van der Waals surface area contributed by atoms with Gasteiger partial charge in [-0.15, -0.1) is 0 Å². The molecule has 0 saturated heterocycles. The van der Waals surface area contributed by atoms with E-state index in [1.165, 1.54) is 5.57 Å². The summed E-state index contributed by atoms with van der Waals surface area (Å²) in [6.45, 7) is 19.7. The van der Waals surface area contributed by atoms with Crippen LogP contribution in [0.2, 0.25) is 0 Å². The zero-order valence-electron chi connectivity index (χ0n) is 13.8. The molecule has 0 aromatic heterocycles.